The predicted octanol–water partition coefficient (Wildman–Crippen LogP) is 4.93. The summed E-state index contributed by atoms with van der Waals surface area (Å²) >= 11 is 1.96. The van der Waals surface area contributed by atoms with Crippen molar-refractivity contribution in [3.63, 3.8) is 0 Å². The third-order valence-electron chi connectivity index (χ3n) is 6.86. The first-order valence-electron chi connectivity index (χ1n) is 9.83. The molecule has 0 bridgehead atoms. The van der Waals surface area contributed by atoms with Gasteiger partial charge in [-0.15, -0.1) is 0 Å². The van der Waals surface area contributed by atoms with Crippen LogP contribution >= 0.6 is 11.8 Å². The number of hydrogen-bond acceptors (Lipinski definition) is 1. The molecule has 0 N–H and O–H groups in total. The molecule has 8 rings (SSSR count). The molecular formula is C26H13BS. The van der Waals surface area contributed by atoms with Gasteiger partial charge in [-0.25, -0.2) is 0 Å². The number of rotatable bonds is 0. The highest BCUT2D eigenvalue weighted by molar-refractivity contribution is 8.00. The summed E-state index contributed by atoms with van der Waals surface area (Å²) in [6.45, 7) is 0.356. The second-order valence-electron chi connectivity index (χ2n) is 8.06. The minimum Gasteiger partial charge on any atom is -0.0911 e. The van der Waals surface area contributed by atoms with E-state index in [9.17, 15) is 0 Å². The third kappa shape index (κ3) is 1.41. The van der Waals surface area contributed by atoms with Gasteiger partial charge in [0, 0.05) is 9.79 Å². The topological polar surface area (TPSA) is 0 Å². The summed E-state index contributed by atoms with van der Waals surface area (Å²) < 4.78 is 0. The van der Waals surface area contributed by atoms with Crippen LogP contribution in [0.25, 0.3) is 43.8 Å². The molecular weight excluding hydrogens is 355 g/mol. The van der Waals surface area contributed by atoms with E-state index in [2.05, 4.69) is 78.9 Å². The predicted molar refractivity (Wildman–Crippen MR) is 121 cm³/mol. The van der Waals surface area contributed by atoms with Gasteiger partial charge in [0.25, 0.3) is 0 Å². The van der Waals surface area contributed by atoms with E-state index in [0.717, 1.165) is 0 Å². The van der Waals surface area contributed by atoms with Gasteiger partial charge in [0.15, 0.2) is 0 Å². The summed E-state index contributed by atoms with van der Waals surface area (Å²) in [5.74, 6) is 0. The summed E-state index contributed by atoms with van der Waals surface area (Å²) in [7, 11) is 0. The molecule has 0 radical (unpaired) electrons. The lowest BCUT2D eigenvalue weighted by atomic mass is 9.31. The Morgan fingerprint density at radius 1 is 0.464 bits per heavy atom. The highest BCUT2D eigenvalue weighted by Gasteiger charge is 2.42. The molecule has 5 aromatic carbocycles. The average Bonchev–Trinajstić information content (AvgIpc) is 2.76. The van der Waals surface area contributed by atoms with Crippen LogP contribution in [0.5, 0.6) is 0 Å². The van der Waals surface area contributed by atoms with E-state index in [1.807, 2.05) is 11.8 Å². The second kappa shape index (κ2) is 4.53. The van der Waals surface area contributed by atoms with Crippen LogP contribution in [0.2, 0.25) is 0 Å². The van der Waals surface area contributed by atoms with Crippen molar-refractivity contribution in [3.05, 3.63) is 78.9 Å². The van der Waals surface area contributed by atoms with Crippen molar-refractivity contribution >= 4 is 56.4 Å². The van der Waals surface area contributed by atoms with Gasteiger partial charge in [0.2, 0.25) is 6.71 Å². The highest BCUT2D eigenvalue weighted by atomic mass is 32.2. The molecule has 0 aliphatic carbocycles. The van der Waals surface area contributed by atoms with Crippen LogP contribution in [0.3, 0.4) is 0 Å². The highest BCUT2D eigenvalue weighted by Crippen LogP contribution is 2.44. The maximum absolute atomic E-state index is 2.34. The standard InChI is InChI=1S/C26H13BS/c1-4-14-10-12-20-25-22(14)16(6-1)18-8-3-9-19-17-7-2-5-15-11-13-21(28-20)26(23(15)17)27(25)24(18)19/h1-13H. The zero-order valence-electron chi connectivity index (χ0n) is 15.0. The first-order chi connectivity index (χ1) is 13.9. The molecule has 0 atom stereocenters. The molecule has 2 heteroatoms. The summed E-state index contributed by atoms with van der Waals surface area (Å²) in [6.07, 6.45) is 0. The van der Waals surface area contributed by atoms with Crippen LogP contribution < -0.4 is 16.4 Å². The zero-order chi connectivity index (χ0) is 18.0. The molecule has 3 aliphatic heterocycles. The van der Waals surface area contributed by atoms with Gasteiger partial charge in [-0.3, -0.25) is 0 Å². The lowest BCUT2D eigenvalue weighted by molar-refractivity contribution is 1.45. The molecule has 126 valence electrons. The fraction of sp³-hybridized carbons (Fsp3) is 0. The fourth-order valence-corrected chi connectivity index (χ4v) is 7.04. The molecule has 0 amide bonds. The van der Waals surface area contributed by atoms with Crippen molar-refractivity contribution in [3.8, 4) is 22.3 Å². The molecule has 3 aliphatic rings. The van der Waals surface area contributed by atoms with Gasteiger partial charge in [-0.1, -0.05) is 84.0 Å². The second-order valence-corrected chi connectivity index (χ2v) is 9.15. The van der Waals surface area contributed by atoms with Crippen molar-refractivity contribution in [2.75, 3.05) is 0 Å². The van der Waals surface area contributed by atoms with Crippen LogP contribution in [-0.2, 0) is 0 Å². The van der Waals surface area contributed by atoms with E-state index in [1.165, 1.54) is 70.0 Å². The number of benzene rings is 5. The van der Waals surface area contributed by atoms with Gasteiger partial charge in [0.05, 0.1) is 0 Å². The Bertz CT molecular complexity index is 1430. The van der Waals surface area contributed by atoms with Gasteiger partial charge in [-0.2, -0.15) is 0 Å². The van der Waals surface area contributed by atoms with Crippen LogP contribution in [0.1, 0.15) is 0 Å². The van der Waals surface area contributed by atoms with Crippen molar-refractivity contribution in [1.82, 2.24) is 0 Å². The summed E-state index contributed by atoms with van der Waals surface area (Å²) in [5.41, 5.74) is 10.2. The van der Waals surface area contributed by atoms with Crippen molar-refractivity contribution < 1.29 is 0 Å². The lowest BCUT2D eigenvalue weighted by Crippen LogP contribution is -2.59. The third-order valence-corrected chi connectivity index (χ3v) is 8.02. The van der Waals surface area contributed by atoms with Crippen LogP contribution in [-0.4, -0.2) is 6.71 Å². The molecule has 28 heavy (non-hydrogen) atoms. The summed E-state index contributed by atoms with van der Waals surface area (Å²) in [4.78, 5) is 2.85. The largest absolute Gasteiger partial charge is 0.247 e. The fourth-order valence-electron chi connectivity index (χ4n) is 5.87. The first-order valence-corrected chi connectivity index (χ1v) is 10.6. The molecule has 0 saturated heterocycles. The molecule has 0 spiro atoms. The zero-order valence-corrected chi connectivity index (χ0v) is 15.8. The molecule has 0 nitrogen and oxygen atoms in total. The number of fused-ring (bicyclic) bond motifs is 2. The van der Waals surface area contributed by atoms with Crippen molar-refractivity contribution in [2.45, 2.75) is 9.79 Å². The molecule has 0 unspecified atom stereocenters. The van der Waals surface area contributed by atoms with E-state index in [0.29, 0.717) is 6.71 Å². The Labute approximate surface area is 167 Å². The first kappa shape index (κ1) is 14.1. The Morgan fingerprint density at radius 2 is 0.964 bits per heavy atom. The van der Waals surface area contributed by atoms with Gasteiger partial charge < -0.3 is 0 Å². The summed E-state index contributed by atoms with van der Waals surface area (Å²) in [5, 5.41) is 5.65. The van der Waals surface area contributed by atoms with Gasteiger partial charge in [-0.05, 0) is 66.9 Å². The monoisotopic (exact) mass is 368 g/mol. The maximum atomic E-state index is 2.34. The summed E-state index contributed by atoms with van der Waals surface area (Å²) in [6, 6.07) is 29.8. The minimum absolute atomic E-state index is 0.356. The Balaban J connectivity index is 1.72. The smallest absolute Gasteiger partial charge is 0.0911 e. The molecule has 0 aromatic heterocycles. The van der Waals surface area contributed by atoms with Gasteiger partial charge in [0.1, 0.15) is 0 Å². The van der Waals surface area contributed by atoms with Crippen LogP contribution in [0, 0.1) is 0 Å². The van der Waals surface area contributed by atoms with E-state index < -0.39 is 0 Å². The lowest BCUT2D eigenvalue weighted by Gasteiger charge is -2.38. The minimum atomic E-state index is 0.356. The average molecular weight is 368 g/mol. The van der Waals surface area contributed by atoms with Crippen molar-refractivity contribution in [1.29, 1.82) is 0 Å². The maximum Gasteiger partial charge on any atom is 0.247 e. The molecule has 5 aromatic rings. The van der Waals surface area contributed by atoms with Crippen LogP contribution in [0.4, 0.5) is 0 Å². The molecule has 0 fully saturated rings. The van der Waals surface area contributed by atoms with E-state index in [-0.39, 0.29) is 0 Å². The van der Waals surface area contributed by atoms with E-state index in [4.69, 9.17) is 0 Å². The molecule has 3 heterocycles. The number of hydrogen-bond donors (Lipinski definition) is 0. The van der Waals surface area contributed by atoms with Crippen LogP contribution in [0.15, 0.2) is 88.7 Å². The normalized spacial score (nSPS) is 14.2. The van der Waals surface area contributed by atoms with E-state index in [1.54, 1.807) is 0 Å². The Morgan fingerprint density at radius 3 is 1.54 bits per heavy atom. The quantitative estimate of drug-likeness (QED) is 0.342. The SMILES string of the molecule is c1cc2c3c(c1)-c1cccc4ccc5c(c14)B3c1c(ccc3cccc-2c13)S5. The van der Waals surface area contributed by atoms with E-state index >= 15 is 0 Å². The molecule has 0 saturated carbocycles. The van der Waals surface area contributed by atoms with Gasteiger partial charge >= 0.3 is 0 Å². The van der Waals surface area contributed by atoms with Crippen molar-refractivity contribution in [2.24, 2.45) is 0 Å². The Hall–Kier alpha value is -2.97. The Kier molecular flexibility index (Phi) is 2.28.